The van der Waals surface area contributed by atoms with Crippen molar-refractivity contribution in [3.8, 4) is 5.88 Å². The van der Waals surface area contributed by atoms with Crippen LogP contribution in [0.2, 0.25) is 0 Å². The van der Waals surface area contributed by atoms with Crippen LogP contribution in [0.1, 0.15) is 48.5 Å². The molecule has 0 atom stereocenters. The Bertz CT molecular complexity index is 683. The number of alkyl halides is 2. The van der Waals surface area contributed by atoms with E-state index in [0.717, 1.165) is 19.0 Å². The van der Waals surface area contributed by atoms with E-state index in [0.29, 0.717) is 6.04 Å². The molecule has 1 aliphatic rings. The molecule has 3 rings (SSSR count). The normalized spacial score (nSPS) is 15.5. The van der Waals surface area contributed by atoms with E-state index < -0.39 is 12.5 Å². The molecule has 1 saturated carbocycles. The first-order valence-corrected chi connectivity index (χ1v) is 7.75. The summed E-state index contributed by atoms with van der Waals surface area (Å²) in [5.41, 5.74) is 0.200. The van der Waals surface area contributed by atoms with Crippen LogP contribution in [0.5, 0.6) is 5.88 Å². The summed E-state index contributed by atoms with van der Waals surface area (Å²) in [5.74, 6) is -0.507. The summed E-state index contributed by atoms with van der Waals surface area (Å²) in [6.45, 7) is -2.95. The van der Waals surface area contributed by atoms with Gasteiger partial charge in [-0.25, -0.2) is 14.6 Å². The summed E-state index contributed by atoms with van der Waals surface area (Å²) in [6, 6.07) is 2.87. The van der Waals surface area contributed by atoms with E-state index >= 15 is 0 Å². The van der Waals surface area contributed by atoms with E-state index in [1.54, 1.807) is 11.0 Å². The molecule has 1 N–H and O–H groups in total. The van der Waals surface area contributed by atoms with Gasteiger partial charge in [0.2, 0.25) is 11.8 Å². The number of carbonyl (C=O) groups excluding carboxylic acids is 1. The number of nitrogens with one attached hydrogen (secondary N) is 1. The molecule has 0 radical (unpaired) electrons. The lowest BCUT2D eigenvalue weighted by Crippen LogP contribution is -2.16. The Balaban J connectivity index is 1.61. The molecule has 9 heteroatoms. The minimum atomic E-state index is -2.95. The molecule has 2 aromatic heterocycles. The minimum absolute atomic E-state index is 0.200. The van der Waals surface area contributed by atoms with Gasteiger partial charge in [0, 0.05) is 12.3 Å². The molecule has 1 aliphatic carbocycles. The Morgan fingerprint density at radius 3 is 2.71 bits per heavy atom. The summed E-state index contributed by atoms with van der Waals surface area (Å²) in [5, 5.41) is 6.85. The second-order valence-electron chi connectivity index (χ2n) is 5.56. The Hall–Kier alpha value is -2.58. The van der Waals surface area contributed by atoms with Crippen LogP contribution in [0.25, 0.3) is 0 Å². The smallest absolute Gasteiger partial charge is 0.388 e. The van der Waals surface area contributed by atoms with Gasteiger partial charge in [-0.2, -0.15) is 8.78 Å². The number of pyridine rings is 1. The van der Waals surface area contributed by atoms with Gasteiger partial charge in [0.05, 0.1) is 11.6 Å². The number of hydrogen-bond donors (Lipinski definition) is 1. The first-order valence-electron chi connectivity index (χ1n) is 7.75. The maximum absolute atomic E-state index is 12.1. The molecular formula is C15H17F2N5O2. The lowest BCUT2D eigenvalue weighted by molar-refractivity contribution is -0.0528. The van der Waals surface area contributed by atoms with Crippen LogP contribution in [0.4, 0.5) is 14.7 Å². The first kappa shape index (κ1) is 16.3. The second kappa shape index (κ2) is 7.33. The van der Waals surface area contributed by atoms with Gasteiger partial charge < -0.3 is 4.74 Å². The number of ether oxygens (including phenoxy) is 1. The summed E-state index contributed by atoms with van der Waals surface area (Å²) in [4.78, 5) is 19.8. The van der Waals surface area contributed by atoms with Crippen LogP contribution in [0.15, 0.2) is 24.7 Å². The van der Waals surface area contributed by atoms with Crippen molar-refractivity contribution >= 4 is 11.9 Å². The minimum Gasteiger partial charge on any atom is -0.417 e. The van der Waals surface area contributed by atoms with E-state index in [-0.39, 0.29) is 17.4 Å². The van der Waals surface area contributed by atoms with Crippen molar-refractivity contribution in [3.63, 3.8) is 0 Å². The molecule has 1 fully saturated rings. The van der Waals surface area contributed by atoms with E-state index in [9.17, 15) is 13.6 Å². The van der Waals surface area contributed by atoms with Crippen LogP contribution in [-0.4, -0.2) is 32.3 Å². The zero-order valence-electron chi connectivity index (χ0n) is 12.9. The lowest BCUT2D eigenvalue weighted by atomic mass is 9.96. The van der Waals surface area contributed by atoms with Crippen molar-refractivity contribution in [1.29, 1.82) is 0 Å². The molecule has 2 aromatic rings. The second-order valence-corrected chi connectivity index (χ2v) is 5.56. The highest BCUT2D eigenvalue weighted by Gasteiger charge is 2.17. The number of carbonyl (C=O) groups is 1. The van der Waals surface area contributed by atoms with Crippen molar-refractivity contribution in [2.24, 2.45) is 0 Å². The first-order chi connectivity index (χ1) is 11.6. The predicted octanol–water partition coefficient (Wildman–Crippen LogP) is 3.03. The van der Waals surface area contributed by atoms with Crippen LogP contribution < -0.4 is 10.1 Å². The van der Waals surface area contributed by atoms with Gasteiger partial charge in [0.25, 0.3) is 5.91 Å². The lowest BCUT2D eigenvalue weighted by Gasteiger charge is -2.21. The molecule has 128 valence electrons. The number of rotatable bonds is 5. The molecule has 24 heavy (non-hydrogen) atoms. The average Bonchev–Trinajstić information content (AvgIpc) is 3.04. The molecule has 0 unspecified atom stereocenters. The van der Waals surface area contributed by atoms with Gasteiger partial charge in [-0.05, 0) is 18.9 Å². The van der Waals surface area contributed by atoms with Crippen molar-refractivity contribution in [3.05, 3.63) is 30.2 Å². The van der Waals surface area contributed by atoms with Crippen molar-refractivity contribution < 1.29 is 18.3 Å². The number of halogens is 2. The van der Waals surface area contributed by atoms with Crippen molar-refractivity contribution in [1.82, 2.24) is 19.7 Å². The van der Waals surface area contributed by atoms with Gasteiger partial charge >= 0.3 is 6.61 Å². The zero-order valence-corrected chi connectivity index (χ0v) is 12.9. The molecule has 7 nitrogen and oxygen atoms in total. The van der Waals surface area contributed by atoms with E-state index in [2.05, 4.69) is 25.1 Å². The SMILES string of the molecule is O=C(Nc1ncn(C2CCCCC2)n1)c1ccc(OC(F)F)nc1. The van der Waals surface area contributed by atoms with Gasteiger partial charge in [0.1, 0.15) is 6.33 Å². The quantitative estimate of drug-likeness (QED) is 0.907. The highest BCUT2D eigenvalue weighted by molar-refractivity contribution is 6.03. The number of amides is 1. The van der Waals surface area contributed by atoms with Crippen LogP contribution in [-0.2, 0) is 0 Å². The number of nitrogens with zero attached hydrogens (tertiary/aromatic N) is 4. The fraction of sp³-hybridized carbons (Fsp3) is 0.467. The Morgan fingerprint density at radius 2 is 2.04 bits per heavy atom. The Labute approximate surface area is 137 Å². The number of anilines is 1. The predicted molar refractivity (Wildman–Crippen MR) is 81.0 cm³/mol. The van der Waals surface area contributed by atoms with Gasteiger partial charge in [-0.1, -0.05) is 19.3 Å². The standard InChI is InChI=1S/C15H17F2N5O2/c16-14(17)24-12-7-6-10(8-18-12)13(23)20-15-19-9-22(21-15)11-4-2-1-3-5-11/h6-9,11,14H,1-5H2,(H,20,21,23). The molecule has 2 heterocycles. The maximum Gasteiger partial charge on any atom is 0.388 e. The third-order valence-corrected chi connectivity index (χ3v) is 3.89. The number of hydrogen-bond acceptors (Lipinski definition) is 5. The zero-order chi connectivity index (χ0) is 16.9. The molecule has 0 bridgehead atoms. The molecule has 0 spiro atoms. The molecular weight excluding hydrogens is 320 g/mol. The fourth-order valence-electron chi connectivity index (χ4n) is 2.70. The highest BCUT2D eigenvalue weighted by atomic mass is 19.3. The topological polar surface area (TPSA) is 81.9 Å². The summed E-state index contributed by atoms with van der Waals surface area (Å²) >= 11 is 0. The Kier molecular flexibility index (Phi) is 4.97. The molecule has 0 aliphatic heterocycles. The molecule has 0 saturated heterocycles. The van der Waals surface area contributed by atoms with Crippen LogP contribution in [0, 0.1) is 0 Å². The van der Waals surface area contributed by atoms with E-state index in [4.69, 9.17) is 0 Å². The van der Waals surface area contributed by atoms with Gasteiger partial charge in [0.15, 0.2) is 0 Å². The third-order valence-electron chi connectivity index (χ3n) is 3.89. The largest absolute Gasteiger partial charge is 0.417 e. The van der Waals surface area contributed by atoms with Crippen molar-refractivity contribution in [2.75, 3.05) is 5.32 Å². The van der Waals surface area contributed by atoms with Crippen molar-refractivity contribution in [2.45, 2.75) is 44.8 Å². The fourth-order valence-corrected chi connectivity index (χ4v) is 2.70. The van der Waals surface area contributed by atoms with E-state index in [1.807, 2.05) is 0 Å². The van der Waals surface area contributed by atoms with Crippen LogP contribution in [0.3, 0.4) is 0 Å². The summed E-state index contributed by atoms with van der Waals surface area (Å²) in [6.07, 6.45) is 8.48. The third kappa shape index (κ3) is 4.03. The summed E-state index contributed by atoms with van der Waals surface area (Å²) < 4.78 is 30.0. The maximum atomic E-state index is 12.1. The summed E-state index contributed by atoms with van der Waals surface area (Å²) in [7, 11) is 0. The molecule has 0 aromatic carbocycles. The monoisotopic (exact) mass is 337 g/mol. The van der Waals surface area contributed by atoms with Gasteiger partial charge in [-0.15, -0.1) is 5.10 Å². The highest BCUT2D eigenvalue weighted by Crippen LogP contribution is 2.27. The van der Waals surface area contributed by atoms with E-state index in [1.165, 1.54) is 31.4 Å². The molecule has 1 amide bonds. The average molecular weight is 337 g/mol. The van der Waals surface area contributed by atoms with Crippen LogP contribution >= 0.6 is 0 Å². The Morgan fingerprint density at radius 1 is 1.25 bits per heavy atom. The number of aromatic nitrogens is 4. The van der Waals surface area contributed by atoms with Gasteiger partial charge in [-0.3, -0.25) is 10.1 Å².